The Morgan fingerprint density at radius 2 is 2.20 bits per heavy atom. The second kappa shape index (κ2) is 5.57. The van der Waals surface area contributed by atoms with Crippen LogP contribution in [-0.4, -0.2) is 38.2 Å². The maximum Gasteiger partial charge on any atom is 0.408 e. The molecule has 0 bridgehead atoms. The van der Waals surface area contributed by atoms with Crippen molar-refractivity contribution in [2.75, 3.05) is 6.54 Å². The summed E-state index contributed by atoms with van der Waals surface area (Å²) >= 11 is 0. The lowest BCUT2D eigenvalue weighted by molar-refractivity contribution is 0.0535. The third-order valence-corrected chi connectivity index (χ3v) is 2.15. The van der Waals surface area contributed by atoms with Crippen LogP contribution in [0.3, 0.4) is 0 Å². The van der Waals surface area contributed by atoms with Gasteiger partial charge in [0.1, 0.15) is 23.1 Å². The first-order chi connectivity index (χ1) is 9.46. The monoisotopic (exact) mass is 273 g/mol. The van der Waals surface area contributed by atoms with Gasteiger partial charge < -0.3 is 15.0 Å². The largest absolute Gasteiger partial charge is 0.444 e. The molecule has 2 heterocycles. The van der Waals surface area contributed by atoms with E-state index in [1.807, 2.05) is 0 Å². The highest BCUT2D eigenvalue weighted by molar-refractivity contribution is 5.75. The van der Waals surface area contributed by atoms with Crippen LogP contribution in [0.5, 0.6) is 0 Å². The molecule has 0 aromatic carbocycles. The van der Waals surface area contributed by atoms with Crippen molar-refractivity contribution in [2.24, 2.45) is 0 Å². The Bertz CT molecular complexity index is 675. The van der Waals surface area contributed by atoms with Crippen molar-refractivity contribution in [1.82, 2.24) is 25.3 Å². The molecule has 0 atom stereocenters. The Balaban J connectivity index is 1.95. The maximum atomic E-state index is 11.4. The lowest BCUT2D eigenvalue weighted by Gasteiger charge is -2.18. The number of aromatic amines is 1. The van der Waals surface area contributed by atoms with Gasteiger partial charge in [0.05, 0.1) is 12.9 Å². The number of imidazole rings is 1. The standard InChI is InChI=1S/C13H15N5O2/c1-13(2,3)20-12(19)14-6-4-5-9-10-11(17-7-15-9)18-8-16-10/h7-8H,6H2,1-3H3,(H,14,19)(H,15,16,17,18). The third-order valence-electron chi connectivity index (χ3n) is 2.15. The van der Waals surface area contributed by atoms with Gasteiger partial charge in [0, 0.05) is 0 Å². The molecular formula is C13H15N5O2. The van der Waals surface area contributed by atoms with Crippen molar-refractivity contribution >= 4 is 17.3 Å². The highest BCUT2D eigenvalue weighted by Crippen LogP contribution is 2.07. The summed E-state index contributed by atoms with van der Waals surface area (Å²) in [6.45, 7) is 5.57. The fourth-order valence-electron chi connectivity index (χ4n) is 1.42. The van der Waals surface area contributed by atoms with Gasteiger partial charge in [-0.1, -0.05) is 5.92 Å². The van der Waals surface area contributed by atoms with Crippen LogP contribution in [0.1, 0.15) is 26.5 Å². The van der Waals surface area contributed by atoms with Gasteiger partial charge in [0.2, 0.25) is 0 Å². The summed E-state index contributed by atoms with van der Waals surface area (Å²) in [5.41, 5.74) is 1.26. The molecule has 1 amide bonds. The molecule has 7 heteroatoms. The van der Waals surface area contributed by atoms with Gasteiger partial charge in [-0.15, -0.1) is 0 Å². The summed E-state index contributed by atoms with van der Waals surface area (Å²) in [5, 5.41) is 2.55. The second-order valence-corrected chi connectivity index (χ2v) is 4.98. The predicted molar refractivity (Wildman–Crippen MR) is 72.8 cm³/mol. The zero-order chi connectivity index (χ0) is 14.6. The average molecular weight is 273 g/mol. The number of amides is 1. The Morgan fingerprint density at radius 1 is 1.40 bits per heavy atom. The van der Waals surface area contributed by atoms with Crippen molar-refractivity contribution in [1.29, 1.82) is 0 Å². The minimum absolute atomic E-state index is 0.175. The molecule has 20 heavy (non-hydrogen) atoms. The van der Waals surface area contributed by atoms with Crippen molar-refractivity contribution < 1.29 is 9.53 Å². The summed E-state index contributed by atoms with van der Waals surface area (Å²) in [7, 11) is 0. The molecule has 0 fully saturated rings. The predicted octanol–water partition coefficient (Wildman–Crippen LogP) is 1.23. The van der Waals surface area contributed by atoms with E-state index in [1.165, 1.54) is 12.7 Å². The van der Waals surface area contributed by atoms with E-state index >= 15 is 0 Å². The van der Waals surface area contributed by atoms with E-state index in [0.717, 1.165) is 0 Å². The summed E-state index contributed by atoms with van der Waals surface area (Å²) in [4.78, 5) is 26.4. The van der Waals surface area contributed by atoms with E-state index in [-0.39, 0.29) is 6.54 Å². The number of carbonyl (C=O) groups is 1. The molecule has 2 aromatic rings. The van der Waals surface area contributed by atoms with Gasteiger partial charge >= 0.3 is 6.09 Å². The van der Waals surface area contributed by atoms with Crippen LogP contribution in [0.25, 0.3) is 11.2 Å². The molecule has 2 aromatic heterocycles. The average Bonchev–Trinajstić information content (AvgIpc) is 2.81. The number of fused-ring (bicyclic) bond motifs is 1. The Kier molecular flexibility index (Phi) is 3.84. The fraction of sp³-hybridized carbons (Fsp3) is 0.385. The zero-order valence-corrected chi connectivity index (χ0v) is 11.5. The molecule has 0 unspecified atom stereocenters. The number of ether oxygens (including phenoxy) is 1. The molecule has 0 aliphatic heterocycles. The summed E-state index contributed by atoms with van der Waals surface area (Å²) in [6.07, 6.45) is 2.43. The highest BCUT2D eigenvalue weighted by Gasteiger charge is 2.15. The maximum absolute atomic E-state index is 11.4. The van der Waals surface area contributed by atoms with Gasteiger partial charge in [-0.2, -0.15) is 0 Å². The number of carbonyl (C=O) groups excluding carboxylic acids is 1. The number of rotatable bonds is 1. The number of nitrogens with one attached hydrogen (secondary N) is 2. The Morgan fingerprint density at radius 3 is 2.95 bits per heavy atom. The number of hydrogen-bond acceptors (Lipinski definition) is 5. The molecule has 2 rings (SSSR count). The Labute approximate surface area is 116 Å². The molecule has 2 N–H and O–H groups in total. The lowest BCUT2D eigenvalue weighted by atomic mass is 10.2. The van der Waals surface area contributed by atoms with Crippen LogP contribution in [0.15, 0.2) is 12.7 Å². The van der Waals surface area contributed by atoms with Crippen LogP contribution in [0.4, 0.5) is 4.79 Å². The van der Waals surface area contributed by atoms with Crippen LogP contribution in [0, 0.1) is 11.8 Å². The topological polar surface area (TPSA) is 92.8 Å². The summed E-state index contributed by atoms with van der Waals surface area (Å²) in [5.74, 6) is 5.65. The molecule has 0 saturated carbocycles. The van der Waals surface area contributed by atoms with E-state index in [4.69, 9.17) is 4.74 Å². The first-order valence-corrected chi connectivity index (χ1v) is 6.05. The molecule has 0 saturated heterocycles. The Hall–Kier alpha value is -2.62. The number of aromatic nitrogens is 4. The number of nitrogens with zero attached hydrogens (tertiary/aromatic N) is 3. The SMILES string of the molecule is CC(C)(C)OC(=O)NCC#Cc1ncnc2nc[nH]c12. The van der Waals surface area contributed by atoms with Gasteiger partial charge in [-0.25, -0.2) is 19.7 Å². The van der Waals surface area contributed by atoms with Gasteiger partial charge in [-0.05, 0) is 26.7 Å². The second-order valence-electron chi connectivity index (χ2n) is 4.98. The summed E-state index contributed by atoms with van der Waals surface area (Å²) < 4.78 is 5.09. The molecule has 0 aliphatic carbocycles. The van der Waals surface area contributed by atoms with Crippen LogP contribution in [0.2, 0.25) is 0 Å². The number of H-pyrrole nitrogens is 1. The minimum atomic E-state index is -0.522. The van der Waals surface area contributed by atoms with Crippen molar-refractivity contribution in [3.05, 3.63) is 18.3 Å². The van der Waals surface area contributed by atoms with E-state index in [1.54, 1.807) is 20.8 Å². The number of hydrogen-bond donors (Lipinski definition) is 2. The molecule has 0 radical (unpaired) electrons. The third kappa shape index (κ3) is 3.68. The first-order valence-electron chi connectivity index (χ1n) is 6.05. The molecular weight excluding hydrogens is 258 g/mol. The van der Waals surface area contributed by atoms with Gasteiger partial charge in [0.15, 0.2) is 5.65 Å². The smallest absolute Gasteiger partial charge is 0.408 e. The molecule has 104 valence electrons. The minimum Gasteiger partial charge on any atom is -0.444 e. The highest BCUT2D eigenvalue weighted by atomic mass is 16.6. The van der Waals surface area contributed by atoms with Crippen LogP contribution in [-0.2, 0) is 4.74 Å². The zero-order valence-electron chi connectivity index (χ0n) is 11.5. The number of alkyl carbamates (subject to hydrolysis) is 1. The normalized spacial score (nSPS) is 10.8. The van der Waals surface area contributed by atoms with Gasteiger partial charge in [-0.3, -0.25) is 0 Å². The lowest BCUT2D eigenvalue weighted by Crippen LogP contribution is -2.32. The van der Waals surface area contributed by atoms with E-state index < -0.39 is 11.7 Å². The van der Waals surface area contributed by atoms with Crippen molar-refractivity contribution in [3.8, 4) is 11.8 Å². The quantitative estimate of drug-likeness (QED) is 0.762. The fourth-order valence-corrected chi connectivity index (χ4v) is 1.42. The van der Waals surface area contributed by atoms with Gasteiger partial charge in [0.25, 0.3) is 0 Å². The van der Waals surface area contributed by atoms with Crippen molar-refractivity contribution in [2.45, 2.75) is 26.4 Å². The molecule has 0 aliphatic rings. The first kappa shape index (κ1) is 13.8. The van der Waals surface area contributed by atoms with E-state index in [9.17, 15) is 4.79 Å². The van der Waals surface area contributed by atoms with E-state index in [0.29, 0.717) is 16.9 Å². The summed E-state index contributed by atoms with van der Waals surface area (Å²) in [6, 6.07) is 0. The molecule has 7 nitrogen and oxygen atoms in total. The van der Waals surface area contributed by atoms with Crippen LogP contribution < -0.4 is 5.32 Å². The molecule has 0 spiro atoms. The van der Waals surface area contributed by atoms with E-state index in [2.05, 4.69) is 37.1 Å². The van der Waals surface area contributed by atoms with Crippen LogP contribution >= 0.6 is 0 Å². The van der Waals surface area contributed by atoms with Crippen molar-refractivity contribution in [3.63, 3.8) is 0 Å².